The van der Waals surface area contributed by atoms with E-state index in [9.17, 15) is 4.39 Å². The van der Waals surface area contributed by atoms with Crippen LogP contribution in [0.1, 0.15) is 30.7 Å². The van der Waals surface area contributed by atoms with Crippen LogP contribution in [0.3, 0.4) is 0 Å². The highest BCUT2D eigenvalue weighted by Gasteiger charge is 2.39. The second-order valence-electron chi connectivity index (χ2n) is 5.77. The lowest BCUT2D eigenvalue weighted by Gasteiger charge is -2.20. The molecule has 20 heavy (non-hydrogen) atoms. The fourth-order valence-electron chi connectivity index (χ4n) is 3.56. The van der Waals surface area contributed by atoms with E-state index >= 15 is 0 Å². The summed E-state index contributed by atoms with van der Waals surface area (Å²) in [6, 6.07) is 6.60. The third kappa shape index (κ3) is 2.00. The van der Waals surface area contributed by atoms with Crippen molar-refractivity contribution < 1.29 is 4.39 Å². The molecule has 2 saturated heterocycles. The van der Waals surface area contributed by atoms with Gasteiger partial charge in [0, 0.05) is 47.7 Å². The Hall–Kier alpha value is -1.81. The minimum Gasteiger partial charge on any atom is -0.311 e. The normalized spacial score (nSPS) is 27.9. The van der Waals surface area contributed by atoms with Crippen molar-refractivity contribution in [2.24, 2.45) is 0 Å². The molecule has 0 radical (unpaired) electrons. The molecule has 2 aliphatic rings. The van der Waals surface area contributed by atoms with Gasteiger partial charge in [0.25, 0.3) is 0 Å². The zero-order valence-corrected chi connectivity index (χ0v) is 11.1. The summed E-state index contributed by atoms with van der Waals surface area (Å²) in [7, 11) is 0. The maximum Gasteiger partial charge on any atom is 0.212 e. The smallest absolute Gasteiger partial charge is 0.212 e. The number of nitrogens with one attached hydrogen (secondary N) is 1. The SMILES string of the molecule is Fc1ccc(-c2cncc([C@@H]3C[C@H]4CC[C@@H]3N4)c2)cn1. The van der Waals surface area contributed by atoms with E-state index in [0.717, 1.165) is 11.1 Å². The van der Waals surface area contributed by atoms with Crippen molar-refractivity contribution >= 4 is 0 Å². The Morgan fingerprint density at radius 1 is 1.10 bits per heavy atom. The monoisotopic (exact) mass is 269 g/mol. The van der Waals surface area contributed by atoms with E-state index in [1.165, 1.54) is 30.9 Å². The molecule has 2 bridgehead atoms. The van der Waals surface area contributed by atoms with E-state index in [2.05, 4.69) is 21.4 Å². The van der Waals surface area contributed by atoms with Crippen LogP contribution in [0.15, 0.2) is 36.8 Å². The summed E-state index contributed by atoms with van der Waals surface area (Å²) in [4.78, 5) is 8.08. The van der Waals surface area contributed by atoms with Crippen molar-refractivity contribution in [2.75, 3.05) is 0 Å². The van der Waals surface area contributed by atoms with Crippen LogP contribution in [0.2, 0.25) is 0 Å². The van der Waals surface area contributed by atoms with Crippen molar-refractivity contribution in [3.05, 3.63) is 48.3 Å². The quantitative estimate of drug-likeness (QED) is 0.852. The van der Waals surface area contributed by atoms with Crippen LogP contribution in [-0.4, -0.2) is 22.1 Å². The highest BCUT2D eigenvalue weighted by atomic mass is 19.1. The number of hydrogen-bond donors (Lipinski definition) is 1. The molecule has 102 valence electrons. The van der Waals surface area contributed by atoms with Gasteiger partial charge in [-0.15, -0.1) is 0 Å². The van der Waals surface area contributed by atoms with Crippen LogP contribution in [0.5, 0.6) is 0 Å². The highest BCUT2D eigenvalue weighted by molar-refractivity contribution is 5.62. The summed E-state index contributed by atoms with van der Waals surface area (Å²) in [6.45, 7) is 0. The first-order valence-corrected chi connectivity index (χ1v) is 7.12. The van der Waals surface area contributed by atoms with Crippen LogP contribution in [-0.2, 0) is 0 Å². The number of nitrogens with zero attached hydrogens (tertiary/aromatic N) is 2. The van der Waals surface area contributed by atoms with Crippen molar-refractivity contribution in [3.63, 3.8) is 0 Å². The zero-order valence-electron chi connectivity index (χ0n) is 11.1. The van der Waals surface area contributed by atoms with Crippen molar-refractivity contribution in [2.45, 2.75) is 37.3 Å². The molecule has 3 atom stereocenters. The number of rotatable bonds is 2. The Bertz CT molecular complexity index is 626. The molecular formula is C16H16FN3. The molecule has 0 spiro atoms. The lowest BCUT2D eigenvalue weighted by molar-refractivity contribution is 0.505. The van der Waals surface area contributed by atoms with E-state index in [1.54, 1.807) is 12.3 Å². The first kappa shape index (κ1) is 12.0. The summed E-state index contributed by atoms with van der Waals surface area (Å²) >= 11 is 0. The van der Waals surface area contributed by atoms with Gasteiger partial charge in [0.05, 0.1) is 0 Å². The van der Waals surface area contributed by atoms with Gasteiger partial charge in [0.2, 0.25) is 5.95 Å². The molecule has 3 nitrogen and oxygen atoms in total. The second kappa shape index (κ2) is 4.63. The Kier molecular flexibility index (Phi) is 2.77. The first-order chi connectivity index (χ1) is 9.79. The molecule has 2 fully saturated rings. The van der Waals surface area contributed by atoms with Gasteiger partial charge in [-0.3, -0.25) is 4.98 Å². The van der Waals surface area contributed by atoms with E-state index in [4.69, 9.17) is 0 Å². The van der Waals surface area contributed by atoms with Gasteiger partial charge in [-0.25, -0.2) is 4.98 Å². The molecule has 0 aliphatic carbocycles. The number of hydrogen-bond acceptors (Lipinski definition) is 3. The third-order valence-electron chi connectivity index (χ3n) is 4.55. The Morgan fingerprint density at radius 3 is 2.75 bits per heavy atom. The van der Waals surface area contributed by atoms with Gasteiger partial charge in [0.15, 0.2) is 0 Å². The average molecular weight is 269 g/mol. The van der Waals surface area contributed by atoms with E-state index in [1.807, 2.05) is 12.4 Å². The maximum atomic E-state index is 12.9. The van der Waals surface area contributed by atoms with Crippen LogP contribution < -0.4 is 5.32 Å². The van der Waals surface area contributed by atoms with Gasteiger partial charge in [0.1, 0.15) is 0 Å². The molecule has 0 saturated carbocycles. The van der Waals surface area contributed by atoms with E-state index in [0.29, 0.717) is 18.0 Å². The molecule has 0 aromatic carbocycles. The summed E-state index contributed by atoms with van der Waals surface area (Å²) in [5, 5.41) is 3.65. The molecule has 0 unspecified atom stereocenters. The minimum atomic E-state index is -0.449. The zero-order chi connectivity index (χ0) is 13.5. The third-order valence-corrected chi connectivity index (χ3v) is 4.55. The Labute approximate surface area is 117 Å². The average Bonchev–Trinajstić information content (AvgIpc) is 3.11. The van der Waals surface area contributed by atoms with Crippen LogP contribution in [0, 0.1) is 5.95 Å². The highest BCUT2D eigenvalue weighted by Crippen LogP contribution is 2.40. The van der Waals surface area contributed by atoms with Crippen LogP contribution >= 0.6 is 0 Å². The molecule has 0 amide bonds. The van der Waals surface area contributed by atoms with E-state index < -0.39 is 5.95 Å². The number of aromatic nitrogens is 2. The fraction of sp³-hybridized carbons (Fsp3) is 0.375. The topological polar surface area (TPSA) is 37.8 Å². The summed E-state index contributed by atoms with van der Waals surface area (Å²) in [5.74, 6) is 0.116. The fourth-order valence-corrected chi connectivity index (χ4v) is 3.56. The first-order valence-electron chi connectivity index (χ1n) is 7.12. The molecule has 2 aromatic heterocycles. The standard InChI is InChI=1S/C16H16FN3/c17-16-4-1-10(9-19-16)11-5-12(8-18-7-11)14-6-13-2-3-15(14)20-13/h1,4-5,7-9,13-15,20H,2-3,6H2/t13-,14+,15+/m1/s1. The minimum absolute atomic E-state index is 0.449. The predicted molar refractivity (Wildman–Crippen MR) is 74.7 cm³/mol. The largest absolute Gasteiger partial charge is 0.311 e. The molecule has 4 rings (SSSR count). The Balaban J connectivity index is 1.66. The van der Waals surface area contributed by atoms with Crippen LogP contribution in [0.25, 0.3) is 11.1 Å². The van der Waals surface area contributed by atoms with Crippen molar-refractivity contribution in [3.8, 4) is 11.1 Å². The summed E-state index contributed by atoms with van der Waals surface area (Å²) in [5.41, 5.74) is 3.21. The second-order valence-corrected chi connectivity index (χ2v) is 5.77. The van der Waals surface area contributed by atoms with Gasteiger partial charge < -0.3 is 5.32 Å². The van der Waals surface area contributed by atoms with Gasteiger partial charge in [-0.1, -0.05) is 0 Å². The number of pyridine rings is 2. The molecule has 2 aliphatic heterocycles. The molecule has 2 aromatic rings. The van der Waals surface area contributed by atoms with Gasteiger partial charge in [-0.05, 0) is 43.0 Å². The van der Waals surface area contributed by atoms with Gasteiger partial charge >= 0.3 is 0 Å². The molecule has 1 N–H and O–H groups in total. The number of fused-ring (bicyclic) bond motifs is 2. The van der Waals surface area contributed by atoms with E-state index in [-0.39, 0.29) is 0 Å². The van der Waals surface area contributed by atoms with Gasteiger partial charge in [-0.2, -0.15) is 4.39 Å². The lowest BCUT2D eigenvalue weighted by atomic mass is 9.84. The summed E-state index contributed by atoms with van der Waals surface area (Å²) < 4.78 is 12.9. The predicted octanol–water partition coefficient (Wildman–Crippen LogP) is 2.89. The lowest BCUT2D eigenvalue weighted by Crippen LogP contribution is -2.21. The number of halogens is 1. The van der Waals surface area contributed by atoms with Crippen molar-refractivity contribution in [1.29, 1.82) is 0 Å². The van der Waals surface area contributed by atoms with Crippen LogP contribution in [0.4, 0.5) is 4.39 Å². The molecule has 4 heterocycles. The maximum absolute atomic E-state index is 12.9. The Morgan fingerprint density at radius 2 is 2.05 bits per heavy atom. The van der Waals surface area contributed by atoms with Crippen molar-refractivity contribution in [1.82, 2.24) is 15.3 Å². The summed E-state index contributed by atoms with van der Waals surface area (Å²) in [6.07, 6.45) is 9.12. The molecular weight excluding hydrogens is 253 g/mol. The molecule has 4 heteroatoms.